The van der Waals surface area contributed by atoms with Gasteiger partial charge < -0.3 is 15.4 Å². The highest BCUT2D eigenvalue weighted by molar-refractivity contribution is 9.13. The van der Waals surface area contributed by atoms with Crippen molar-refractivity contribution in [3.05, 3.63) is 50.4 Å². The van der Waals surface area contributed by atoms with Crippen LogP contribution < -0.4 is 15.4 Å². The number of benzene rings is 2. The van der Waals surface area contributed by atoms with E-state index in [9.17, 15) is 4.79 Å². The molecule has 2 amide bonds. The Labute approximate surface area is 144 Å². The second-order valence-electron chi connectivity index (χ2n) is 4.05. The summed E-state index contributed by atoms with van der Waals surface area (Å²) >= 11 is 12.7. The van der Waals surface area contributed by atoms with Gasteiger partial charge in [-0.05, 0) is 68.3 Å². The van der Waals surface area contributed by atoms with E-state index in [4.69, 9.17) is 16.3 Å². The van der Waals surface area contributed by atoms with E-state index in [2.05, 4.69) is 42.5 Å². The van der Waals surface area contributed by atoms with E-state index in [0.717, 1.165) is 8.95 Å². The molecule has 0 saturated carbocycles. The summed E-state index contributed by atoms with van der Waals surface area (Å²) in [6.07, 6.45) is 0. The van der Waals surface area contributed by atoms with Gasteiger partial charge in [0.1, 0.15) is 5.75 Å². The molecular formula is C14H11Br2ClN2O2. The van der Waals surface area contributed by atoms with Gasteiger partial charge in [-0.15, -0.1) is 0 Å². The highest BCUT2D eigenvalue weighted by atomic mass is 79.9. The Morgan fingerprint density at radius 3 is 2.52 bits per heavy atom. The first-order valence-corrected chi connectivity index (χ1v) is 7.82. The fourth-order valence-corrected chi connectivity index (χ4v) is 2.43. The monoisotopic (exact) mass is 432 g/mol. The van der Waals surface area contributed by atoms with Crippen LogP contribution >= 0.6 is 43.5 Å². The number of anilines is 2. The molecule has 4 nitrogen and oxygen atoms in total. The van der Waals surface area contributed by atoms with E-state index in [1.165, 1.54) is 7.11 Å². The maximum atomic E-state index is 12.0. The van der Waals surface area contributed by atoms with E-state index in [-0.39, 0.29) is 6.03 Å². The zero-order valence-corrected chi connectivity index (χ0v) is 14.8. The van der Waals surface area contributed by atoms with Crippen LogP contribution in [0.25, 0.3) is 0 Å². The predicted molar refractivity (Wildman–Crippen MR) is 92.5 cm³/mol. The lowest BCUT2D eigenvalue weighted by atomic mass is 10.3. The Kier molecular flexibility index (Phi) is 5.50. The summed E-state index contributed by atoms with van der Waals surface area (Å²) in [5, 5.41) is 5.94. The zero-order chi connectivity index (χ0) is 15.4. The quantitative estimate of drug-likeness (QED) is 0.669. The molecule has 0 aliphatic heterocycles. The third-order valence-electron chi connectivity index (χ3n) is 2.59. The lowest BCUT2D eigenvalue weighted by Crippen LogP contribution is -2.19. The Bertz CT molecular complexity index is 680. The highest BCUT2D eigenvalue weighted by Gasteiger charge is 2.09. The molecule has 0 aliphatic rings. The summed E-state index contributed by atoms with van der Waals surface area (Å²) in [5.41, 5.74) is 1.15. The van der Waals surface area contributed by atoms with Gasteiger partial charge >= 0.3 is 6.03 Å². The molecule has 2 N–H and O–H groups in total. The summed E-state index contributed by atoms with van der Waals surface area (Å²) in [7, 11) is 1.53. The largest absolute Gasteiger partial charge is 0.495 e. The van der Waals surface area contributed by atoms with E-state index < -0.39 is 0 Å². The van der Waals surface area contributed by atoms with Crippen molar-refractivity contribution >= 4 is 60.9 Å². The molecule has 0 aliphatic carbocycles. The minimum atomic E-state index is -0.384. The van der Waals surface area contributed by atoms with Gasteiger partial charge in [0.05, 0.1) is 12.8 Å². The number of rotatable bonds is 3. The number of carbonyl (C=O) groups excluding carboxylic acids is 1. The van der Waals surface area contributed by atoms with E-state index in [0.29, 0.717) is 22.1 Å². The summed E-state index contributed by atoms with van der Waals surface area (Å²) in [6.45, 7) is 0. The molecule has 0 unspecified atom stereocenters. The first-order chi connectivity index (χ1) is 9.99. The minimum absolute atomic E-state index is 0.384. The molecule has 0 aromatic heterocycles. The number of hydrogen-bond acceptors (Lipinski definition) is 2. The minimum Gasteiger partial charge on any atom is -0.495 e. The van der Waals surface area contributed by atoms with E-state index >= 15 is 0 Å². The van der Waals surface area contributed by atoms with Crippen molar-refractivity contribution in [1.82, 2.24) is 0 Å². The Hall–Kier alpha value is -1.24. The molecule has 2 aromatic rings. The van der Waals surface area contributed by atoms with Gasteiger partial charge in [0.25, 0.3) is 0 Å². The molecule has 0 fully saturated rings. The number of ether oxygens (including phenoxy) is 1. The van der Waals surface area contributed by atoms with Crippen LogP contribution in [0, 0.1) is 0 Å². The molecule has 2 aromatic carbocycles. The fourth-order valence-electron chi connectivity index (χ4n) is 1.64. The predicted octanol–water partition coefficient (Wildman–Crippen LogP) is 5.52. The molecule has 2 rings (SSSR count). The molecule has 7 heteroatoms. The molecular weight excluding hydrogens is 423 g/mol. The van der Waals surface area contributed by atoms with Crippen LogP contribution in [0.5, 0.6) is 5.75 Å². The highest BCUT2D eigenvalue weighted by Crippen LogP contribution is 2.28. The molecule has 110 valence electrons. The van der Waals surface area contributed by atoms with Crippen molar-refractivity contribution < 1.29 is 9.53 Å². The van der Waals surface area contributed by atoms with Crippen LogP contribution in [0.2, 0.25) is 5.02 Å². The second-order valence-corrected chi connectivity index (χ2v) is 6.20. The van der Waals surface area contributed by atoms with Crippen LogP contribution in [-0.2, 0) is 0 Å². The molecule has 21 heavy (non-hydrogen) atoms. The van der Waals surface area contributed by atoms with Crippen LogP contribution in [0.4, 0.5) is 16.2 Å². The summed E-state index contributed by atoms with van der Waals surface area (Å²) in [4.78, 5) is 12.0. The topological polar surface area (TPSA) is 50.4 Å². The van der Waals surface area contributed by atoms with Crippen LogP contribution in [0.1, 0.15) is 0 Å². The van der Waals surface area contributed by atoms with Crippen LogP contribution in [0.3, 0.4) is 0 Å². The third-order valence-corrected chi connectivity index (χ3v) is 4.70. The Morgan fingerprint density at radius 1 is 1.10 bits per heavy atom. The molecule has 0 heterocycles. The van der Waals surface area contributed by atoms with Crippen molar-refractivity contribution in [3.8, 4) is 5.75 Å². The molecule has 0 spiro atoms. The number of amides is 2. The van der Waals surface area contributed by atoms with Crippen LogP contribution in [0.15, 0.2) is 45.3 Å². The number of carbonyl (C=O) groups is 1. The molecule has 0 saturated heterocycles. The Balaban J connectivity index is 2.11. The van der Waals surface area contributed by atoms with Crippen molar-refractivity contribution in [2.45, 2.75) is 0 Å². The number of hydrogen-bond donors (Lipinski definition) is 2. The summed E-state index contributed by atoms with van der Waals surface area (Å²) < 4.78 is 6.93. The normalized spacial score (nSPS) is 10.1. The fraction of sp³-hybridized carbons (Fsp3) is 0.0714. The van der Waals surface area contributed by atoms with Gasteiger partial charge in [0, 0.05) is 19.7 Å². The first-order valence-electron chi connectivity index (χ1n) is 5.86. The van der Waals surface area contributed by atoms with Gasteiger partial charge in [-0.3, -0.25) is 0 Å². The maximum Gasteiger partial charge on any atom is 0.323 e. The lowest BCUT2D eigenvalue weighted by Gasteiger charge is -2.12. The van der Waals surface area contributed by atoms with Gasteiger partial charge in [-0.1, -0.05) is 11.6 Å². The molecule has 0 radical (unpaired) electrons. The van der Waals surface area contributed by atoms with Crippen molar-refractivity contribution in [1.29, 1.82) is 0 Å². The Morgan fingerprint density at radius 2 is 1.86 bits per heavy atom. The summed E-state index contributed by atoms with van der Waals surface area (Å²) in [5.74, 6) is 0.534. The average molecular weight is 435 g/mol. The van der Waals surface area contributed by atoms with Gasteiger partial charge in [-0.2, -0.15) is 0 Å². The summed E-state index contributed by atoms with van der Waals surface area (Å²) in [6, 6.07) is 10.0. The lowest BCUT2D eigenvalue weighted by molar-refractivity contribution is 0.262. The number of urea groups is 1. The van der Waals surface area contributed by atoms with Gasteiger partial charge in [-0.25, -0.2) is 4.79 Å². The van der Waals surface area contributed by atoms with Gasteiger partial charge in [0.2, 0.25) is 0 Å². The smallest absolute Gasteiger partial charge is 0.323 e. The third kappa shape index (κ3) is 4.36. The second kappa shape index (κ2) is 7.15. The van der Waals surface area contributed by atoms with Crippen LogP contribution in [-0.4, -0.2) is 13.1 Å². The van der Waals surface area contributed by atoms with E-state index in [1.54, 1.807) is 30.3 Å². The van der Waals surface area contributed by atoms with Gasteiger partial charge in [0.15, 0.2) is 0 Å². The number of halogens is 3. The standard InChI is InChI=1S/C14H11Br2ClN2O2/c1-21-13-5-2-8(17)6-12(13)19-14(20)18-9-3-4-10(15)11(16)7-9/h2-7H,1H3,(H2,18,19,20). The van der Waals surface area contributed by atoms with E-state index in [1.807, 2.05) is 6.07 Å². The van der Waals surface area contributed by atoms with Crippen molar-refractivity contribution in [3.63, 3.8) is 0 Å². The average Bonchev–Trinajstić information content (AvgIpc) is 2.43. The molecule has 0 bridgehead atoms. The SMILES string of the molecule is COc1ccc(Cl)cc1NC(=O)Nc1ccc(Br)c(Br)c1. The van der Waals surface area contributed by atoms with Crippen molar-refractivity contribution in [2.75, 3.05) is 17.7 Å². The molecule has 0 atom stereocenters. The van der Waals surface area contributed by atoms with Crippen molar-refractivity contribution in [2.24, 2.45) is 0 Å². The number of nitrogens with one attached hydrogen (secondary N) is 2. The zero-order valence-electron chi connectivity index (χ0n) is 10.9. The maximum absolute atomic E-state index is 12.0. The first kappa shape index (κ1) is 16.1. The number of methoxy groups -OCH3 is 1.